The van der Waals surface area contributed by atoms with E-state index < -0.39 is 41.6 Å². The van der Waals surface area contributed by atoms with Crippen LogP contribution in [0.1, 0.15) is 35.6 Å². The maximum Gasteiger partial charge on any atom is 0.416 e. The molecule has 0 bridgehead atoms. The van der Waals surface area contributed by atoms with Gasteiger partial charge in [0.05, 0.1) is 23.7 Å². The number of carbonyl (C=O) groups is 1. The number of carboxylic acid groups (broad SMARTS) is 1. The van der Waals surface area contributed by atoms with Gasteiger partial charge in [-0.25, -0.2) is 0 Å². The van der Waals surface area contributed by atoms with Crippen LogP contribution in [0.4, 0.5) is 26.3 Å². The molecule has 0 atom stereocenters. The summed E-state index contributed by atoms with van der Waals surface area (Å²) < 4.78 is 90.2. The first-order valence-electron chi connectivity index (χ1n) is 11.1. The first-order chi connectivity index (χ1) is 16.8. The number of halogens is 6. The molecular weight excluding hydrogens is 492 g/mol. The van der Waals surface area contributed by atoms with Crippen LogP contribution in [0.5, 0.6) is 11.5 Å². The lowest BCUT2D eigenvalue weighted by molar-refractivity contribution is -0.147. The van der Waals surface area contributed by atoms with Gasteiger partial charge in [-0.15, -0.1) is 0 Å². The molecule has 0 unspecified atom stereocenters. The number of hydrogen-bond donors (Lipinski definition) is 1. The lowest BCUT2D eigenvalue weighted by Crippen LogP contribution is -2.50. The number of hydrogen-bond acceptors (Lipinski definition) is 4. The molecule has 5 nitrogen and oxygen atoms in total. The zero-order chi connectivity index (χ0) is 26.3. The Labute approximate surface area is 202 Å². The van der Waals surface area contributed by atoms with Crippen LogP contribution in [0, 0.1) is 5.92 Å². The van der Waals surface area contributed by atoms with Crippen molar-refractivity contribution in [1.82, 2.24) is 4.90 Å². The van der Waals surface area contributed by atoms with Crippen LogP contribution < -0.4 is 9.47 Å². The molecule has 2 aliphatic rings. The van der Waals surface area contributed by atoms with Gasteiger partial charge < -0.3 is 14.6 Å². The van der Waals surface area contributed by atoms with E-state index in [1.54, 1.807) is 18.2 Å². The van der Waals surface area contributed by atoms with Gasteiger partial charge >= 0.3 is 18.3 Å². The van der Waals surface area contributed by atoms with E-state index in [1.165, 1.54) is 0 Å². The van der Waals surface area contributed by atoms with Crippen LogP contribution in [0.3, 0.4) is 0 Å². The van der Waals surface area contributed by atoms with Crippen molar-refractivity contribution in [3.8, 4) is 11.5 Å². The number of rotatable bonds is 6. The third-order valence-electron chi connectivity index (χ3n) is 6.41. The number of aliphatic carboxylic acids is 1. The summed E-state index contributed by atoms with van der Waals surface area (Å²) in [4.78, 5) is 13.1. The second kappa shape index (κ2) is 9.68. The normalized spacial score (nSPS) is 17.2. The van der Waals surface area contributed by atoms with Gasteiger partial charge in [0, 0.05) is 43.2 Å². The second-order valence-electron chi connectivity index (χ2n) is 8.87. The highest BCUT2D eigenvalue weighted by molar-refractivity contribution is 5.74. The molecule has 0 aromatic heterocycles. The average Bonchev–Trinajstić information content (AvgIpc) is 2.91. The quantitative estimate of drug-likeness (QED) is 0.488. The van der Waals surface area contributed by atoms with E-state index in [2.05, 4.69) is 0 Å². The first kappa shape index (κ1) is 25.9. The van der Waals surface area contributed by atoms with Gasteiger partial charge in [0.2, 0.25) is 0 Å². The van der Waals surface area contributed by atoms with Crippen molar-refractivity contribution in [2.75, 3.05) is 26.2 Å². The smallest absolute Gasteiger partial charge is 0.416 e. The number of carboxylic acids is 1. The monoisotopic (exact) mass is 515 g/mol. The highest BCUT2D eigenvalue weighted by Gasteiger charge is 2.38. The number of allylic oxidation sites excluding steroid dienone is 1. The topological polar surface area (TPSA) is 59.0 Å². The molecule has 0 amide bonds. The summed E-state index contributed by atoms with van der Waals surface area (Å²) in [6.45, 7) is 3.29. The number of alkyl halides is 6. The molecule has 2 aromatic carbocycles. The minimum Gasteiger partial charge on any atom is -0.492 e. The van der Waals surface area contributed by atoms with Crippen LogP contribution >= 0.6 is 0 Å². The maximum atomic E-state index is 13.4. The van der Waals surface area contributed by atoms with Gasteiger partial charge in [0.25, 0.3) is 0 Å². The minimum atomic E-state index is -4.98. The van der Waals surface area contributed by atoms with Crippen molar-refractivity contribution in [3.05, 3.63) is 64.2 Å². The van der Waals surface area contributed by atoms with E-state index in [9.17, 15) is 31.1 Å². The number of benzene rings is 2. The van der Waals surface area contributed by atoms with Gasteiger partial charge in [0.1, 0.15) is 18.1 Å². The van der Waals surface area contributed by atoms with E-state index in [0.717, 1.165) is 22.8 Å². The molecule has 1 fully saturated rings. The van der Waals surface area contributed by atoms with Gasteiger partial charge in [-0.3, -0.25) is 9.69 Å². The van der Waals surface area contributed by atoms with Crippen molar-refractivity contribution >= 4 is 11.5 Å². The molecule has 1 saturated heterocycles. The van der Waals surface area contributed by atoms with Crippen molar-refractivity contribution in [2.24, 2.45) is 5.92 Å². The zero-order valence-electron chi connectivity index (χ0n) is 19.2. The molecule has 11 heteroatoms. The van der Waals surface area contributed by atoms with Gasteiger partial charge in [-0.2, -0.15) is 26.3 Å². The Bertz CT molecular complexity index is 1180. The molecule has 2 aromatic rings. The summed E-state index contributed by atoms with van der Waals surface area (Å²) in [6, 6.07) is 6.29. The van der Waals surface area contributed by atoms with Crippen LogP contribution in [0.25, 0.3) is 5.57 Å². The Morgan fingerprint density at radius 1 is 1.08 bits per heavy atom. The van der Waals surface area contributed by atoms with Crippen LogP contribution in [0.15, 0.2) is 42.0 Å². The molecule has 0 saturated carbocycles. The van der Waals surface area contributed by atoms with E-state index in [4.69, 9.17) is 14.6 Å². The predicted molar refractivity (Wildman–Crippen MR) is 117 cm³/mol. The summed E-state index contributed by atoms with van der Waals surface area (Å²) in [5.41, 5.74) is -0.343. The lowest BCUT2D eigenvalue weighted by atomic mass is 9.95. The summed E-state index contributed by atoms with van der Waals surface area (Å²) in [7, 11) is 0. The first-order valence-corrected chi connectivity index (χ1v) is 11.1. The zero-order valence-corrected chi connectivity index (χ0v) is 19.2. The van der Waals surface area contributed by atoms with E-state index in [-0.39, 0.29) is 17.7 Å². The van der Waals surface area contributed by atoms with Crippen LogP contribution in [-0.2, 0) is 23.8 Å². The molecule has 0 spiro atoms. The van der Waals surface area contributed by atoms with Gasteiger partial charge in [0.15, 0.2) is 0 Å². The fraction of sp³-hybridized carbons (Fsp3) is 0.400. The average molecular weight is 515 g/mol. The molecular formula is C25H23F6NO4. The standard InChI is InChI=1S/C25H23F6NO4/c1-14-15(10-32-11-17(12-32)23(33)34)6-7-35-22-9-19(4-5-20(14)22)36-13-16-2-3-18(24(26,27)28)8-21(16)25(29,30)31/h2-5,8-9,17H,6-7,10-13H2,1H3,(H,33,34). The maximum absolute atomic E-state index is 13.4. The Morgan fingerprint density at radius 2 is 1.81 bits per heavy atom. The Balaban J connectivity index is 1.50. The van der Waals surface area contributed by atoms with Crippen molar-refractivity contribution in [1.29, 1.82) is 0 Å². The second-order valence-corrected chi connectivity index (χ2v) is 8.87. The third-order valence-corrected chi connectivity index (χ3v) is 6.41. The number of ether oxygens (including phenoxy) is 2. The van der Waals surface area contributed by atoms with Gasteiger partial charge in [-0.1, -0.05) is 6.07 Å². The van der Waals surface area contributed by atoms with E-state index >= 15 is 0 Å². The molecule has 4 rings (SSSR count). The van der Waals surface area contributed by atoms with E-state index in [1.807, 2.05) is 11.8 Å². The summed E-state index contributed by atoms with van der Waals surface area (Å²) in [5, 5.41) is 9.05. The molecule has 1 N–H and O–H groups in total. The molecule has 0 aliphatic carbocycles. The fourth-order valence-electron chi connectivity index (χ4n) is 4.31. The Morgan fingerprint density at radius 3 is 2.44 bits per heavy atom. The third kappa shape index (κ3) is 5.61. The van der Waals surface area contributed by atoms with Crippen molar-refractivity contribution < 1.29 is 45.7 Å². The predicted octanol–water partition coefficient (Wildman–Crippen LogP) is 5.88. The number of fused-ring (bicyclic) bond motifs is 1. The number of likely N-dealkylation sites (tertiary alicyclic amines) is 1. The molecule has 2 aliphatic heterocycles. The fourth-order valence-corrected chi connectivity index (χ4v) is 4.31. The lowest BCUT2D eigenvalue weighted by Gasteiger charge is -2.37. The summed E-state index contributed by atoms with van der Waals surface area (Å²) in [6.07, 6.45) is -9.24. The van der Waals surface area contributed by atoms with Crippen LogP contribution in [0.2, 0.25) is 0 Å². The van der Waals surface area contributed by atoms with E-state index in [0.29, 0.717) is 44.5 Å². The Kier molecular flexibility index (Phi) is 6.96. The van der Waals surface area contributed by atoms with Crippen molar-refractivity contribution in [3.63, 3.8) is 0 Å². The molecule has 194 valence electrons. The number of nitrogens with zero attached hydrogens (tertiary/aromatic N) is 1. The SMILES string of the molecule is CC1=C(CN2CC(C(=O)O)C2)CCOc2cc(OCc3ccc(C(F)(F)F)cc3C(F)(F)F)ccc21. The highest BCUT2D eigenvalue weighted by atomic mass is 19.4. The molecule has 2 heterocycles. The summed E-state index contributed by atoms with van der Waals surface area (Å²) >= 11 is 0. The Hall–Kier alpha value is -3.21. The minimum absolute atomic E-state index is 0.0886. The largest absolute Gasteiger partial charge is 0.492 e. The van der Waals surface area contributed by atoms with Crippen LogP contribution in [-0.4, -0.2) is 42.2 Å². The van der Waals surface area contributed by atoms with Crippen molar-refractivity contribution in [2.45, 2.75) is 32.3 Å². The highest BCUT2D eigenvalue weighted by Crippen LogP contribution is 2.39. The molecule has 36 heavy (non-hydrogen) atoms. The molecule has 0 radical (unpaired) electrons. The van der Waals surface area contributed by atoms with Gasteiger partial charge in [-0.05, 0) is 42.3 Å². The summed E-state index contributed by atoms with van der Waals surface area (Å²) in [5.74, 6) is -0.472.